The minimum Gasteiger partial charge on any atom is -0.481 e. The van der Waals surface area contributed by atoms with Crippen LogP contribution in [0.25, 0.3) is 11.1 Å². The Kier molecular flexibility index (Phi) is 11.3. The van der Waals surface area contributed by atoms with E-state index in [0.717, 1.165) is 10.5 Å². The summed E-state index contributed by atoms with van der Waals surface area (Å²) in [5, 5.41) is 0.984. The minimum absolute atomic E-state index is 0.0843. The van der Waals surface area contributed by atoms with E-state index >= 15 is 0 Å². The van der Waals surface area contributed by atoms with Crippen molar-refractivity contribution in [1.82, 2.24) is 15.0 Å². The highest BCUT2D eigenvalue weighted by Gasteiger charge is 2.31. The fourth-order valence-electron chi connectivity index (χ4n) is 5.19. The number of anilines is 1. The Balaban J connectivity index is 0.000000192. The zero-order valence-electron chi connectivity index (χ0n) is 29.0. The topological polar surface area (TPSA) is 135 Å². The smallest absolute Gasteiger partial charge is 0.400 e. The van der Waals surface area contributed by atoms with Crippen molar-refractivity contribution in [1.29, 1.82) is 0 Å². The number of cyclic esters (lactones) is 1. The molecule has 1 aliphatic heterocycles. The first-order valence-electron chi connectivity index (χ1n) is 16.0. The summed E-state index contributed by atoms with van der Waals surface area (Å²) in [6.07, 6.45) is -0.969. The molecule has 53 heavy (non-hydrogen) atoms. The molecule has 6 aromatic rings. The molecule has 2 atom stereocenters. The number of fused-ring (bicyclic) bond motifs is 2. The second-order valence-electron chi connectivity index (χ2n) is 11.4. The van der Waals surface area contributed by atoms with Gasteiger partial charge in [0, 0.05) is 28.6 Å². The van der Waals surface area contributed by atoms with Gasteiger partial charge >= 0.3 is 12.0 Å². The summed E-state index contributed by atoms with van der Waals surface area (Å²) in [4.78, 5) is 39.4. The summed E-state index contributed by atoms with van der Waals surface area (Å²) in [6.45, 7) is 3.46. The zero-order valence-corrected chi connectivity index (χ0v) is 30.6. The Bertz CT molecular complexity index is 2250. The van der Waals surface area contributed by atoms with Crippen molar-refractivity contribution < 1.29 is 42.1 Å². The van der Waals surface area contributed by atoms with E-state index in [9.17, 15) is 14.0 Å². The van der Waals surface area contributed by atoms with E-state index in [4.69, 9.17) is 39.7 Å². The van der Waals surface area contributed by atoms with Gasteiger partial charge in [0.15, 0.2) is 16.8 Å². The number of benzene rings is 4. The number of oxazole rings is 1. The van der Waals surface area contributed by atoms with Crippen LogP contribution in [-0.4, -0.2) is 54.2 Å². The molecular formula is C38H32ClFN4O8S. The van der Waals surface area contributed by atoms with Gasteiger partial charge in [-0.15, -0.1) is 0 Å². The summed E-state index contributed by atoms with van der Waals surface area (Å²) in [7, 11) is 4.55. The van der Waals surface area contributed by atoms with Gasteiger partial charge in [0.1, 0.15) is 28.9 Å². The Morgan fingerprint density at radius 3 is 2.32 bits per heavy atom. The number of rotatable bonds is 10. The van der Waals surface area contributed by atoms with Crippen molar-refractivity contribution in [2.24, 2.45) is 0 Å². The lowest BCUT2D eigenvalue weighted by atomic mass is 10.1. The van der Waals surface area contributed by atoms with Gasteiger partial charge in [-0.1, -0.05) is 35.9 Å². The lowest BCUT2D eigenvalue weighted by Crippen LogP contribution is -2.38. The molecule has 12 nitrogen and oxygen atoms in total. The fraction of sp³-hybridized carbons (Fsp3) is 0.184. The predicted molar refractivity (Wildman–Crippen MR) is 195 cm³/mol. The number of amides is 1. The number of carbonyl (C=O) groups is 2. The van der Waals surface area contributed by atoms with Gasteiger partial charge in [0.25, 0.3) is 5.91 Å². The summed E-state index contributed by atoms with van der Waals surface area (Å²) in [6, 6.07) is 25.0. The van der Waals surface area contributed by atoms with Crippen molar-refractivity contribution in [3.05, 3.63) is 113 Å². The molecule has 0 N–H and O–H groups in total. The number of hydrogen-bond acceptors (Lipinski definition) is 12. The molecule has 0 fully saturated rings. The molecule has 1 amide bonds. The van der Waals surface area contributed by atoms with E-state index in [1.54, 1.807) is 67.6 Å². The number of nitrogens with zero attached hydrogens (tertiary/aromatic N) is 4. The van der Waals surface area contributed by atoms with Crippen LogP contribution in [0.1, 0.15) is 35.9 Å². The van der Waals surface area contributed by atoms with Crippen molar-refractivity contribution in [3.63, 3.8) is 0 Å². The third kappa shape index (κ3) is 8.62. The van der Waals surface area contributed by atoms with Gasteiger partial charge in [-0.3, -0.25) is 4.79 Å². The molecule has 0 saturated heterocycles. The third-order valence-corrected chi connectivity index (χ3v) is 8.99. The van der Waals surface area contributed by atoms with Crippen LogP contribution in [0.4, 0.5) is 10.1 Å². The van der Waals surface area contributed by atoms with Crippen LogP contribution < -0.4 is 23.8 Å². The molecule has 0 spiro atoms. The highest BCUT2D eigenvalue weighted by atomic mass is 35.5. The molecule has 272 valence electrons. The van der Waals surface area contributed by atoms with Crippen molar-refractivity contribution in [2.45, 2.75) is 36.1 Å². The first-order valence-corrected chi connectivity index (χ1v) is 17.2. The average molecular weight is 759 g/mol. The summed E-state index contributed by atoms with van der Waals surface area (Å²) in [5.41, 5.74) is 2.79. The highest BCUT2D eigenvalue weighted by Crippen LogP contribution is 2.39. The molecule has 1 unspecified atom stereocenters. The molecule has 1 aliphatic rings. The number of aromatic nitrogens is 3. The lowest BCUT2D eigenvalue weighted by molar-refractivity contribution is -0.124. The maximum Gasteiger partial charge on any atom is 0.400 e. The molecule has 3 heterocycles. The van der Waals surface area contributed by atoms with Crippen LogP contribution in [0.2, 0.25) is 5.02 Å². The van der Waals surface area contributed by atoms with E-state index in [0.29, 0.717) is 50.1 Å². The number of ether oxygens (including phenoxy) is 5. The van der Waals surface area contributed by atoms with Crippen LogP contribution in [0.15, 0.2) is 105 Å². The monoisotopic (exact) mass is 758 g/mol. The van der Waals surface area contributed by atoms with Crippen molar-refractivity contribution in [2.75, 3.05) is 26.2 Å². The lowest BCUT2D eigenvalue weighted by Gasteiger charge is -2.22. The predicted octanol–water partition coefficient (Wildman–Crippen LogP) is 8.72. The van der Waals surface area contributed by atoms with Crippen LogP contribution in [0.3, 0.4) is 0 Å². The number of methoxy groups -OCH3 is 2. The minimum atomic E-state index is -0.821. The van der Waals surface area contributed by atoms with Crippen LogP contribution >= 0.6 is 23.4 Å². The molecular weight excluding hydrogens is 727 g/mol. The number of halogens is 2. The van der Waals surface area contributed by atoms with Crippen LogP contribution in [-0.2, 0) is 9.53 Å². The number of likely N-dealkylation sites (N-methyl/N-ethyl adjacent to an activating group) is 1. The van der Waals surface area contributed by atoms with E-state index in [-0.39, 0.29) is 29.7 Å². The van der Waals surface area contributed by atoms with Crippen molar-refractivity contribution >= 4 is 52.0 Å². The van der Waals surface area contributed by atoms with E-state index in [1.165, 1.54) is 50.1 Å². The number of para-hydroxylation sites is 1. The highest BCUT2D eigenvalue weighted by molar-refractivity contribution is 7.99. The average Bonchev–Trinajstić information content (AvgIpc) is 3.70. The van der Waals surface area contributed by atoms with Gasteiger partial charge < -0.3 is 33.0 Å². The Labute approximate surface area is 312 Å². The third-order valence-electron chi connectivity index (χ3n) is 7.83. The first kappa shape index (κ1) is 36.9. The number of esters is 1. The standard InChI is InChI=1S/C23H18ClFN2O4.C15H14N2O4S/c1-14(22(28)27(2)20-6-4-3-5-18(20)25)29-16-8-10-17(11-9-16)30-23-26-19-12-7-15(24)13-21(19)31-23;1-8-9-5-4-6-10(13(9)14(18)21-8)22-15-16-11(19-2)7-12(17-15)20-3/h3-14H,1-2H3;4-8H,1-3H3/t14-;/m1./s1. The molecule has 0 bridgehead atoms. The first-order chi connectivity index (χ1) is 25.5. The Morgan fingerprint density at radius 1 is 0.925 bits per heavy atom. The largest absolute Gasteiger partial charge is 0.481 e. The van der Waals surface area contributed by atoms with E-state index in [2.05, 4.69) is 15.0 Å². The second-order valence-corrected chi connectivity index (χ2v) is 12.8. The Morgan fingerprint density at radius 2 is 1.62 bits per heavy atom. The molecule has 0 aliphatic carbocycles. The van der Waals surface area contributed by atoms with Gasteiger partial charge in [0.2, 0.25) is 11.8 Å². The van der Waals surface area contributed by atoms with Gasteiger partial charge in [-0.2, -0.15) is 15.0 Å². The summed E-state index contributed by atoms with van der Waals surface area (Å²) in [5.74, 6) is 0.562. The van der Waals surface area contributed by atoms with Gasteiger partial charge in [-0.05, 0) is 80.2 Å². The Hall–Kier alpha value is -5.86. The fourth-order valence-corrected chi connectivity index (χ4v) is 6.27. The maximum atomic E-state index is 13.9. The molecule has 15 heteroatoms. The SMILES string of the molecule is COc1cc(OC)nc(Sc2cccc3c2C(=O)OC3C)n1.C[C@@H](Oc1ccc(Oc2nc3ccc(Cl)cc3o2)cc1)C(=O)N(C)c1ccccc1F. The van der Waals surface area contributed by atoms with Gasteiger partial charge in [-0.25, -0.2) is 9.18 Å². The molecule has 0 saturated carbocycles. The number of hydrogen-bond donors (Lipinski definition) is 0. The van der Waals surface area contributed by atoms with E-state index < -0.39 is 11.9 Å². The van der Waals surface area contributed by atoms with E-state index in [1.807, 2.05) is 25.1 Å². The van der Waals surface area contributed by atoms with Crippen molar-refractivity contribution in [3.8, 4) is 29.3 Å². The maximum absolute atomic E-state index is 13.9. The molecule has 0 radical (unpaired) electrons. The molecule has 4 aromatic carbocycles. The molecule has 2 aromatic heterocycles. The van der Waals surface area contributed by atoms with Crippen LogP contribution in [0.5, 0.6) is 29.3 Å². The molecule has 7 rings (SSSR count). The van der Waals surface area contributed by atoms with Gasteiger partial charge in [0.05, 0.1) is 31.5 Å². The normalized spacial score (nSPS) is 13.6. The quantitative estimate of drug-likeness (QED) is 0.0977. The second kappa shape index (κ2) is 16.2. The summed E-state index contributed by atoms with van der Waals surface area (Å²) < 4.78 is 46.3. The zero-order chi connectivity index (χ0) is 37.6. The van der Waals surface area contributed by atoms with Crippen LogP contribution in [0, 0.1) is 5.82 Å². The number of carbonyl (C=O) groups excluding carboxylic acids is 2. The summed E-state index contributed by atoms with van der Waals surface area (Å²) >= 11 is 7.22.